The number of hydrogen-bond acceptors (Lipinski definition) is 5. The molecule has 2 amide bonds. The largest absolute Gasteiger partial charge is 0.347 e. The summed E-state index contributed by atoms with van der Waals surface area (Å²) in [5.74, 6) is 0.611. The number of nitrogens with zero attached hydrogens (tertiary/aromatic N) is 5. The number of amides is 2. The number of carbonyl (C=O) groups is 1. The van der Waals surface area contributed by atoms with Crippen LogP contribution < -0.4 is 10.2 Å². The van der Waals surface area contributed by atoms with Crippen LogP contribution >= 0.6 is 0 Å². The van der Waals surface area contributed by atoms with Crippen LogP contribution in [0, 0.1) is 13.8 Å². The van der Waals surface area contributed by atoms with Crippen molar-refractivity contribution in [1.82, 2.24) is 25.1 Å². The summed E-state index contributed by atoms with van der Waals surface area (Å²) in [6, 6.07) is -0.0729. The van der Waals surface area contributed by atoms with E-state index >= 15 is 0 Å². The molecule has 0 spiro atoms. The highest BCUT2D eigenvalue weighted by Crippen LogP contribution is 2.33. The third kappa shape index (κ3) is 3.79. The van der Waals surface area contributed by atoms with Crippen molar-refractivity contribution in [3.8, 4) is 0 Å². The second-order valence-corrected chi connectivity index (χ2v) is 7.00. The average Bonchev–Trinajstić information content (AvgIpc) is 2.82. The van der Waals surface area contributed by atoms with Gasteiger partial charge < -0.3 is 15.1 Å². The maximum Gasteiger partial charge on any atom is 0.322 e. The van der Waals surface area contributed by atoms with E-state index in [0.717, 1.165) is 49.2 Å². The number of H-pyrrole nitrogens is 1. The quantitative estimate of drug-likeness (QED) is 0.881. The molecule has 0 saturated carbocycles. The fraction of sp³-hybridized carbons (Fsp3) is 0.556. The third-order valence-electron chi connectivity index (χ3n) is 4.82. The Hall–Kier alpha value is -2.64. The lowest BCUT2D eigenvalue weighted by Gasteiger charge is -2.30. The van der Waals surface area contributed by atoms with E-state index < -0.39 is 0 Å². The van der Waals surface area contributed by atoms with Gasteiger partial charge in [0.2, 0.25) is 5.95 Å². The molecule has 1 atom stereocenters. The Labute approximate surface area is 154 Å². The van der Waals surface area contributed by atoms with Crippen molar-refractivity contribution >= 4 is 17.7 Å². The molecule has 1 fully saturated rings. The van der Waals surface area contributed by atoms with Crippen molar-refractivity contribution in [2.24, 2.45) is 0 Å². The summed E-state index contributed by atoms with van der Waals surface area (Å²) in [7, 11) is 3.76. The van der Waals surface area contributed by atoms with Gasteiger partial charge in [-0.15, -0.1) is 0 Å². The van der Waals surface area contributed by atoms with Gasteiger partial charge >= 0.3 is 6.03 Å². The van der Waals surface area contributed by atoms with E-state index in [4.69, 9.17) is 0 Å². The van der Waals surface area contributed by atoms with Gasteiger partial charge in [0.05, 0.1) is 29.8 Å². The molecule has 0 aromatic carbocycles. The number of hydrogen-bond donors (Lipinski definition) is 2. The molecule has 0 radical (unpaired) electrons. The maximum absolute atomic E-state index is 13.0. The summed E-state index contributed by atoms with van der Waals surface area (Å²) in [5, 5.41) is 10.3. The van der Waals surface area contributed by atoms with E-state index in [1.807, 2.05) is 37.7 Å². The standard InChI is InChI=1S/C18H27N7O/c1-12-16(13(2)23-22-12)15-8-6-5-7-9-25(15)18(26)21-14-10-19-17(20-11-14)24(3)4/h10-11,15H,5-9H2,1-4H3,(H,21,26)(H,22,23)/t15-/m1/s1. The molecular weight excluding hydrogens is 330 g/mol. The highest BCUT2D eigenvalue weighted by atomic mass is 16.2. The van der Waals surface area contributed by atoms with Gasteiger partial charge in [-0.25, -0.2) is 14.8 Å². The molecule has 140 valence electrons. The van der Waals surface area contributed by atoms with Gasteiger partial charge in [0, 0.05) is 31.9 Å². The van der Waals surface area contributed by atoms with Crippen LogP contribution in [-0.2, 0) is 0 Å². The Morgan fingerprint density at radius 1 is 1.23 bits per heavy atom. The number of nitrogens with one attached hydrogen (secondary N) is 2. The van der Waals surface area contributed by atoms with E-state index in [1.165, 1.54) is 0 Å². The molecule has 2 aromatic heterocycles. The van der Waals surface area contributed by atoms with Crippen molar-refractivity contribution < 1.29 is 4.79 Å². The second kappa shape index (κ2) is 7.72. The van der Waals surface area contributed by atoms with Crippen molar-refractivity contribution in [2.75, 3.05) is 30.9 Å². The second-order valence-electron chi connectivity index (χ2n) is 7.00. The minimum atomic E-state index is -0.113. The van der Waals surface area contributed by atoms with E-state index in [1.54, 1.807) is 12.4 Å². The van der Waals surface area contributed by atoms with Gasteiger partial charge in [0.1, 0.15) is 0 Å². The monoisotopic (exact) mass is 357 g/mol. The molecule has 2 aromatic rings. The molecule has 1 aliphatic rings. The van der Waals surface area contributed by atoms with Crippen molar-refractivity contribution in [3.05, 3.63) is 29.3 Å². The maximum atomic E-state index is 13.0. The molecule has 1 aliphatic heterocycles. The Morgan fingerprint density at radius 3 is 2.58 bits per heavy atom. The lowest BCUT2D eigenvalue weighted by atomic mass is 9.99. The van der Waals surface area contributed by atoms with Gasteiger partial charge in [-0.3, -0.25) is 5.10 Å². The van der Waals surface area contributed by atoms with E-state index in [9.17, 15) is 4.79 Å². The first-order chi connectivity index (χ1) is 12.5. The molecule has 3 rings (SSSR count). The van der Waals surface area contributed by atoms with Gasteiger partial charge in [-0.1, -0.05) is 12.8 Å². The number of anilines is 2. The fourth-order valence-electron chi connectivity index (χ4n) is 3.51. The normalized spacial score (nSPS) is 17.7. The van der Waals surface area contributed by atoms with Crippen LogP contribution in [0.25, 0.3) is 0 Å². The van der Waals surface area contributed by atoms with E-state index in [2.05, 4.69) is 25.5 Å². The summed E-state index contributed by atoms with van der Waals surface area (Å²) in [5.41, 5.74) is 3.74. The average molecular weight is 357 g/mol. The van der Waals surface area contributed by atoms with Crippen LogP contribution in [0.1, 0.15) is 48.7 Å². The predicted octanol–water partition coefficient (Wildman–Crippen LogP) is 3.03. The van der Waals surface area contributed by atoms with Crippen molar-refractivity contribution in [1.29, 1.82) is 0 Å². The van der Waals surface area contributed by atoms with Gasteiger partial charge in [-0.05, 0) is 26.7 Å². The van der Waals surface area contributed by atoms with Crippen LogP contribution in [0.15, 0.2) is 12.4 Å². The van der Waals surface area contributed by atoms with Crippen LogP contribution in [0.2, 0.25) is 0 Å². The first kappa shape index (κ1) is 18.2. The van der Waals surface area contributed by atoms with Crippen LogP contribution in [-0.4, -0.2) is 51.7 Å². The first-order valence-electron chi connectivity index (χ1n) is 9.06. The molecule has 26 heavy (non-hydrogen) atoms. The number of carbonyl (C=O) groups excluding carboxylic acids is 1. The highest BCUT2D eigenvalue weighted by Gasteiger charge is 2.30. The van der Waals surface area contributed by atoms with Gasteiger partial charge in [0.25, 0.3) is 0 Å². The van der Waals surface area contributed by atoms with Gasteiger partial charge in [-0.2, -0.15) is 5.10 Å². The highest BCUT2D eigenvalue weighted by molar-refractivity contribution is 5.89. The number of urea groups is 1. The summed E-state index contributed by atoms with van der Waals surface area (Å²) < 4.78 is 0. The topological polar surface area (TPSA) is 90.0 Å². The number of aromatic amines is 1. The number of rotatable bonds is 3. The first-order valence-corrected chi connectivity index (χ1v) is 9.06. The zero-order valence-corrected chi connectivity index (χ0v) is 15.9. The van der Waals surface area contributed by atoms with E-state index in [-0.39, 0.29) is 12.1 Å². The molecule has 0 unspecified atom stereocenters. The third-order valence-corrected chi connectivity index (χ3v) is 4.82. The van der Waals surface area contributed by atoms with E-state index in [0.29, 0.717) is 11.6 Å². The predicted molar refractivity (Wildman–Crippen MR) is 101 cm³/mol. The van der Waals surface area contributed by atoms with Crippen LogP contribution in [0.5, 0.6) is 0 Å². The SMILES string of the molecule is Cc1n[nH]c(C)c1[C@H]1CCCCCN1C(=O)Nc1cnc(N(C)C)nc1. The van der Waals surface area contributed by atoms with Crippen LogP contribution in [0.3, 0.4) is 0 Å². The zero-order chi connectivity index (χ0) is 18.7. The Balaban J connectivity index is 1.80. The minimum Gasteiger partial charge on any atom is -0.347 e. The smallest absolute Gasteiger partial charge is 0.322 e. The molecule has 0 bridgehead atoms. The minimum absolute atomic E-state index is 0.0400. The zero-order valence-electron chi connectivity index (χ0n) is 15.9. The van der Waals surface area contributed by atoms with Crippen molar-refractivity contribution in [2.45, 2.75) is 45.6 Å². The number of aryl methyl sites for hydroxylation is 2. The number of aromatic nitrogens is 4. The lowest BCUT2D eigenvalue weighted by Crippen LogP contribution is -2.38. The van der Waals surface area contributed by atoms with Crippen LogP contribution in [0.4, 0.5) is 16.4 Å². The fourth-order valence-corrected chi connectivity index (χ4v) is 3.51. The summed E-state index contributed by atoms with van der Waals surface area (Å²) in [6.07, 6.45) is 7.49. The Morgan fingerprint density at radius 2 is 1.96 bits per heavy atom. The summed E-state index contributed by atoms with van der Waals surface area (Å²) in [6.45, 7) is 4.74. The molecule has 3 heterocycles. The molecule has 8 nitrogen and oxygen atoms in total. The number of likely N-dealkylation sites (tertiary alicyclic amines) is 1. The summed E-state index contributed by atoms with van der Waals surface area (Å²) in [4.78, 5) is 25.3. The molecule has 0 aliphatic carbocycles. The van der Waals surface area contributed by atoms with Gasteiger partial charge in [0.15, 0.2) is 0 Å². The molecular formula is C18H27N7O. The molecule has 1 saturated heterocycles. The Kier molecular flexibility index (Phi) is 5.39. The van der Waals surface area contributed by atoms with Crippen molar-refractivity contribution in [3.63, 3.8) is 0 Å². The lowest BCUT2D eigenvalue weighted by molar-refractivity contribution is 0.189. The molecule has 8 heteroatoms. The molecule has 2 N–H and O–H groups in total. The summed E-state index contributed by atoms with van der Waals surface area (Å²) >= 11 is 0. The Bertz CT molecular complexity index is 734.